The van der Waals surface area contributed by atoms with E-state index >= 15 is 0 Å². The van der Waals surface area contributed by atoms with Gasteiger partial charge in [-0.25, -0.2) is 0 Å². The molecule has 0 aromatic heterocycles. The molecule has 0 amide bonds. The Morgan fingerprint density at radius 2 is 1.08 bits per heavy atom. The first-order chi connectivity index (χ1) is 5.47. The summed E-state index contributed by atoms with van der Waals surface area (Å²) in [4.78, 5) is 0. The molecule has 0 N–H and O–H groups in total. The minimum atomic E-state index is 0.550. The molecule has 0 nitrogen and oxygen atoms in total. The van der Waals surface area contributed by atoms with E-state index in [-0.39, 0.29) is 0 Å². The summed E-state index contributed by atoms with van der Waals surface area (Å²) in [6.45, 7) is 17.3. The van der Waals surface area contributed by atoms with Gasteiger partial charge in [-0.15, -0.1) is 0 Å². The van der Waals surface area contributed by atoms with Crippen molar-refractivity contribution in [3.8, 4) is 0 Å². The first-order valence-corrected chi connectivity index (χ1v) is 5.47. The van der Waals surface area contributed by atoms with Crippen molar-refractivity contribution < 1.29 is 0 Å². The second-order valence-electron chi connectivity index (χ2n) is 4.02. The zero-order valence-electron chi connectivity index (χ0n) is 10.6. The topological polar surface area (TPSA) is 0 Å². The van der Waals surface area contributed by atoms with Crippen molar-refractivity contribution in [2.24, 2.45) is 5.41 Å². The van der Waals surface area contributed by atoms with Crippen LogP contribution in [0.15, 0.2) is 0 Å². The van der Waals surface area contributed by atoms with Crippen LogP contribution in [0, 0.1) is 5.41 Å². The van der Waals surface area contributed by atoms with Crippen LogP contribution in [-0.2, 0) is 0 Å². The number of hydrogen-bond donors (Lipinski definition) is 0. The summed E-state index contributed by atoms with van der Waals surface area (Å²) < 4.78 is 0. The fourth-order valence-electron chi connectivity index (χ4n) is 0.750. The molecule has 0 aliphatic heterocycles. The molecule has 0 radical (unpaired) electrons. The Morgan fingerprint density at radius 3 is 1.08 bits per heavy atom. The summed E-state index contributed by atoms with van der Waals surface area (Å²) in [5.41, 5.74) is 0.550. The van der Waals surface area contributed by atoms with Crippen LogP contribution in [0.1, 0.15) is 74.7 Å². The minimum absolute atomic E-state index is 0.550. The van der Waals surface area contributed by atoms with Crippen LogP contribution in [-0.4, -0.2) is 0 Å². The third kappa shape index (κ3) is 50.6. The summed E-state index contributed by atoms with van der Waals surface area (Å²) in [5.74, 6) is 0. The summed E-state index contributed by atoms with van der Waals surface area (Å²) >= 11 is 0. The molecule has 0 rings (SSSR count). The van der Waals surface area contributed by atoms with Crippen molar-refractivity contribution in [1.29, 1.82) is 0 Å². The third-order valence-electron chi connectivity index (χ3n) is 1.000. The largest absolute Gasteiger partial charge is 0.0683 e. The van der Waals surface area contributed by atoms with Gasteiger partial charge in [-0.2, -0.15) is 0 Å². The highest BCUT2D eigenvalue weighted by molar-refractivity contribution is 4.58. The fourth-order valence-corrected chi connectivity index (χ4v) is 0.750. The van der Waals surface area contributed by atoms with Gasteiger partial charge in [0.15, 0.2) is 0 Å². The van der Waals surface area contributed by atoms with Crippen molar-refractivity contribution in [2.45, 2.75) is 74.7 Å². The van der Waals surface area contributed by atoms with E-state index in [9.17, 15) is 0 Å². The Hall–Kier alpha value is 0. The summed E-state index contributed by atoms with van der Waals surface area (Å²) in [6.07, 6.45) is 3.90. The van der Waals surface area contributed by atoms with E-state index in [2.05, 4.69) is 41.5 Å². The molecule has 0 unspecified atom stereocenters. The molecule has 0 aliphatic carbocycles. The first-order valence-electron chi connectivity index (χ1n) is 5.47. The predicted octanol–water partition coefficient (Wildman–Crippen LogP) is 5.28. The van der Waals surface area contributed by atoms with Gasteiger partial charge in [0.1, 0.15) is 0 Å². The molecule has 0 heterocycles. The highest BCUT2D eigenvalue weighted by Gasteiger charge is 2.06. The lowest BCUT2D eigenvalue weighted by Gasteiger charge is -2.15. The van der Waals surface area contributed by atoms with E-state index in [1.807, 2.05) is 13.8 Å². The fraction of sp³-hybridized carbons (Fsp3) is 1.00. The summed E-state index contributed by atoms with van der Waals surface area (Å²) in [7, 11) is 0. The van der Waals surface area contributed by atoms with E-state index in [0.29, 0.717) is 5.41 Å². The quantitative estimate of drug-likeness (QED) is 0.507. The molecule has 0 saturated carbocycles. The van der Waals surface area contributed by atoms with Gasteiger partial charge in [0.2, 0.25) is 0 Å². The van der Waals surface area contributed by atoms with E-state index in [1.165, 1.54) is 19.3 Å². The first kappa shape index (κ1) is 17.9. The lowest BCUT2D eigenvalue weighted by atomic mass is 9.91. The highest BCUT2D eigenvalue weighted by atomic mass is 14.1. The van der Waals surface area contributed by atoms with Crippen LogP contribution in [0.2, 0.25) is 0 Å². The van der Waals surface area contributed by atoms with E-state index in [4.69, 9.17) is 0 Å². The normalized spacial score (nSPS) is 9.00. The maximum atomic E-state index is 2.27. The van der Waals surface area contributed by atoms with Crippen LogP contribution in [0.4, 0.5) is 0 Å². The second-order valence-corrected chi connectivity index (χ2v) is 4.02. The maximum absolute atomic E-state index is 2.27. The van der Waals surface area contributed by atoms with Gasteiger partial charge in [-0.05, 0) is 11.8 Å². The van der Waals surface area contributed by atoms with Gasteiger partial charge in [0.25, 0.3) is 0 Å². The Bertz CT molecular complexity index is 47.5. The summed E-state index contributed by atoms with van der Waals surface area (Å²) in [5, 5.41) is 0. The molecule has 0 atom stereocenters. The van der Waals surface area contributed by atoms with Crippen LogP contribution >= 0.6 is 0 Å². The Balaban J connectivity index is -0.000000137. The van der Waals surface area contributed by atoms with E-state index < -0.39 is 0 Å². The zero-order chi connectivity index (χ0) is 10.6. The molecule has 0 saturated heterocycles. The predicted molar refractivity (Wildman–Crippen MR) is 61.7 cm³/mol. The standard InChI is InChI=1S/C7H16.C3H8.C2H6/c1-5-6-7(2,3)4;1-3-2;1-2/h5-6H2,1-4H3;3H2,1-2H3;1-2H3. The lowest BCUT2D eigenvalue weighted by Crippen LogP contribution is -2.02. The van der Waals surface area contributed by atoms with Crippen molar-refractivity contribution >= 4 is 0 Å². The molecule has 0 aromatic rings. The Kier molecular flexibility index (Phi) is 20.3. The number of rotatable bonds is 1. The molecule has 78 valence electrons. The molecule has 0 aromatic carbocycles. The maximum Gasteiger partial charge on any atom is -0.0383 e. The minimum Gasteiger partial charge on any atom is -0.0683 e. The molecular weight excluding hydrogens is 144 g/mol. The second kappa shape index (κ2) is 13.6. The van der Waals surface area contributed by atoms with Crippen LogP contribution < -0.4 is 0 Å². The van der Waals surface area contributed by atoms with Crippen molar-refractivity contribution in [2.75, 3.05) is 0 Å². The van der Waals surface area contributed by atoms with E-state index in [1.54, 1.807) is 0 Å². The smallest absolute Gasteiger partial charge is 0.0383 e. The zero-order valence-corrected chi connectivity index (χ0v) is 10.6. The Labute approximate surface area is 80.8 Å². The van der Waals surface area contributed by atoms with Gasteiger partial charge in [0, 0.05) is 0 Å². The van der Waals surface area contributed by atoms with Crippen LogP contribution in [0.25, 0.3) is 0 Å². The van der Waals surface area contributed by atoms with Gasteiger partial charge in [0.05, 0.1) is 0 Å². The number of hydrogen-bond acceptors (Lipinski definition) is 0. The molecule has 0 heteroatoms. The van der Waals surface area contributed by atoms with Crippen molar-refractivity contribution in [1.82, 2.24) is 0 Å². The molecule has 0 bridgehead atoms. The summed E-state index contributed by atoms with van der Waals surface area (Å²) in [6, 6.07) is 0. The molecular formula is C12H30. The average Bonchev–Trinajstić information content (AvgIpc) is 1.91. The Morgan fingerprint density at radius 1 is 0.833 bits per heavy atom. The van der Waals surface area contributed by atoms with Gasteiger partial charge in [-0.1, -0.05) is 68.2 Å². The monoisotopic (exact) mass is 174 g/mol. The molecule has 0 fully saturated rings. The lowest BCUT2D eigenvalue weighted by molar-refractivity contribution is 0.373. The molecule has 0 aliphatic rings. The van der Waals surface area contributed by atoms with Gasteiger partial charge < -0.3 is 0 Å². The van der Waals surface area contributed by atoms with Gasteiger partial charge in [-0.3, -0.25) is 0 Å². The highest BCUT2D eigenvalue weighted by Crippen LogP contribution is 2.19. The average molecular weight is 174 g/mol. The third-order valence-corrected chi connectivity index (χ3v) is 1.000. The van der Waals surface area contributed by atoms with Crippen molar-refractivity contribution in [3.63, 3.8) is 0 Å². The molecule has 0 spiro atoms. The SMILES string of the molecule is CC.CCC.CCCC(C)(C)C. The van der Waals surface area contributed by atoms with Crippen molar-refractivity contribution in [3.05, 3.63) is 0 Å². The molecule has 12 heavy (non-hydrogen) atoms. The van der Waals surface area contributed by atoms with E-state index in [0.717, 1.165) is 0 Å². The van der Waals surface area contributed by atoms with Crippen LogP contribution in [0.5, 0.6) is 0 Å². The van der Waals surface area contributed by atoms with Gasteiger partial charge >= 0.3 is 0 Å². The van der Waals surface area contributed by atoms with Crippen LogP contribution in [0.3, 0.4) is 0 Å².